The van der Waals surface area contributed by atoms with Crippen LogP contribution in [0.3, 0.4) is 0 Å². The van der Waals surface area contributed by atoms with Gasteiger partial charge in [-0.3, -0.25) is 4.98 Å². The van der Waals surface area contributed by atoms with Crippen LogP contribution >= 0.6 is 0 Å². The second-order valence-electron chi connectivity index (χ2n) is 8.44. The minimum Gasteiger partial charge on any atom is -0.435 e. The molecule has 0 amide bonds. The Labute approximate surface area is 179 Å². The number of hydrogen-bond acceptors (Lipinski definition) is 5. The van der Waals surface area contributed by atoms with E-state index in [-0.39, 0.29) is 5.41 Å². The zero-order valence-electron chi connectivity index (χ0n) is 17.5. The lowest BCUT2D eigenvalue weighted by molar-refractivity contribution is 0.617. The number of aryl methyl sites for hydroxylation is 1. The van der Waals surface area contributed by atoms with Gasteiger partial charge in [0, 0.05) is 34.0 Å². The number of oxazole rings is 1. The van der Waals surface area contributed by atoms with Gasteiger partial charge in [-0.15, -0.1) is 0 Å². The molecule has 6 rings (SSSR count). The second kappa shape index (κ2) is 6.32. The van der Waals surface area contributed by atoms with Crippen LogP contribution in [-0.2, 0) is 5.41 Å². The molecule has 0 atom stereocenters. The first-order valence-corrected chi connectivity index (χ1v) is 10.3. The molecule has 0 fully saturated rings. The Morgan fingerprint density at radius 1 is 0.871 bits per heavy atom. The molecule has 5 aromatic rings. The average Bonchev–Trinajstić information content (AvgIpc) is 3.32. The number of rotatable bonds is 2. The van der Waals surface area contributed by atoms with Crippen molar-refractivity contribution in [1.82, 2.24) is 19.9 Å². The summed E-state index contributed by atoms with van der Waals surface area (Å²) in [5.74, 6) is 1.18. The van der Waals surface area contributed by atoms with Gasteiger partial charge in [0.15, 0.2) is 11.4 Å². The standard InChI is InChI=1S/C26H20N4O/c1-15-22-23(17-8-4-5-9-18(17)26(22,2)3)30-24(28-15)16-12-13-27-20(14-16)25-29-19-10-6-7-11-21(19)31-25/h4-14H,1-3H3. The monoisotopic (exact) mass is 404 g/mol. The molecular formula is C26H20N4O. The lowest BCUT2D eigenvalue weighted by Crippen LogP contribution is -2.17. The first kappa shape index (κ1) is 18.0. The summed E-state index contributed by atoms with van der Waals surface area (Å²) in [5, 5.41) is 0. The van der Waals surface area contributed by atoms with E-state index in [1.807, 2.05) is 36.4 Å². The molecule has 0 unspecified atom stereocenters. The van der Waals surface area contributed by atoms with E-state index in [0.29, 0.717) is 17.4 Å². The zero-order chi connectivity index (χ0) is 21.2. The Morgan fingerprint density at radius 3 is 2.55 bits per heavy atom. The topological polar surface area (TPSA) is 64.7 Å². The van der Waals surface area contributed by atoms with Gasteiger partial charge in [-0.2, -0.15) is 0 Å². The largest absolute Gasteiger partial charge is 0.435 e. The molecule has 0 saturated carbocycles. The fraction of sp³-hybridized carbons (Fsp3) is 0.154. The molecule has 0 aliphatic heterocycles. The zero-order valence-corrected chi connectivity index (χ0v) is 17.5. The molecule has 1 aliphatic rings. The number of fused-ring (bicyclic) bond motifs is 4. The first-order chi connectivity index (χ1) is 15.0. The molecule has 5 heteroatoms. The van der Waals surface area contributed by atoms with Crippen LogP contribution in [0.1, 0.15) is 30.7 Å². The molecule has 31 heavy (non-hydrogen) atoms. The van der Waals surface area contributed by atoms with Gasteiger partial charge in [0.25, 0.3) is 0 Å². The third kappa shape index (κ3) is 2.63. The molecule has 1 aliphatic carbocycles. The average molecular weight is 404 g/mol. The van der Waals surface area contributed by atoms with E-state index in [9.17, 15) is 0 Å². The highest BCUT2D eigenvalue weighted by Crippen LogP contribution is 2.49. The van der Waals surface area contributed by atoms with Crippen molar-refractivity contribution >= 4 is 11.1 Å². The van der Waals surface area contributed by atoms with Gasteiger partial charge < -0.3 is 4.42 Å². The molecule has 5 nitrogen and oxygen atoms in total. The van der Waals surface area contributed by atoms with Crippen molar-refractivity contribution in [3.8, 4) is 34.2 Å². The van der Waals surface area contributed by atoms with Gasteiger partial charge >= 0.3 is 0 Å². The highest BCUT2D eigenvalue weighted by Gasteiger charge is 2.38. The molecule has 3 aromatic heterocycles. The van der Waals surface area contributed by atoms with E-state index in [0.717, 1.165) is 28.1 Å². The van der Waals surface area contributed by atoms with Crippen LogP contribution in [0.25, 0.3) is 45.3 Å². The van der Waals surface area contributed by atoms with Gasteiger partial charge in [-0.1, -0.05) is 50.2 Å². The van der Waals surface area contributed by atoms with Crippen LogP contribution in [0.15, 0.2) is 71.3 Å². The van der Waals surface area contributed by atoms with Crippen molar-refractivity contribution in [2.45, 2.75) is 26.2 Å². The molecule has 0 spiro atoms. The number of benzene rings is 2. The summed E-state index contributed by atoms with van der Waals surface area (Å²) in [6.07, 6.45) is 1.75. The van der Waals surface area contributed by atoms with E-state index < -0.39 is 0 Å². The minimum absolute atomic E-state index is 0.115. The minimum atomic E-state index is -0.115. The summed E-state index contributed by atoms with van der Waals surface area (Å²) >= 11 is 0. The third-order valence-corrected chi connectivity index (χ3v) is 6.10. The maximum absolute atomic E-state index is 5.90. The normalized spacial score (nSPS) is 13.9. The van der Waals surface area contributed by atoms with E-state index >= 15 is 0 Å². The maximum Gasteiger partial charge on any atom is 0.246 e. The van der Waals surface area contributed by atoms with Crippen LogP contribution in [0, 0.1) is 6.92 Å². The Morgan fingerprint density at radius 2 is 1.68 bits per heavy atom. The number of hydrogen-bond donors (Lipinski definition) is 0. The Kier molecular flexibility index (Phi) is 3.66. The quantitative estimate of drug-likeness (QED) is 0.363. The molecule has 0 saturated heterocycles. The second-order valence-corrected chi connectivity index (χ2v) is 8.44. The number of pyridine rings is 1. The fourth-order valence-corrected chi connectivity index (χ4v) is 4.68. The summed E-state index contributed by atoms with van der Waals surface area (Å²) in [4.78, 5) is 18.9. The third-order valence-electron chi connectivity index (χ3n) is 6.10. The molecule has 0 radical (unpaired) electrons. The number of aromatic nitrogens is 4. The van der Waals surface area contributed by atoms with Crippen molar-refractivity contribution in [1.29, 1.82) is 0 Å². The Balaban J connectivity index is 1.50. The molecule has 0 bridgehead atoms. The van der Waals surface area contributed by atoms with Gasteiger partial charge in [0.2, 0.25) is 5.89 Å². The van der Waals surface area contributed by atoms with Gasteiger partial charge in [0.1, 0.15) is 11.2 Å². The summed E-state index contributed by atoms with van der Waals surface area (Å²) in [5.41, 5.74) is 8.69. The molecular weight excluding hydrogens is 384 g/mol. The van der Waals surface area contributed by atoms with Crippen molar-refractivity contribution < 1.29 is 4.42 Å². The predicted molar refractivity (Wildman–Crippen MR) is 121 cm³/mol. The van der Waals surface area contributed by atoms with Crippen LogP contribution in [0.5, 0.6) is 0 Å². The molecule has 2 aromatic carbocycles. The molecule has 150 valence electrons. The highest BCUT2D eigenvalue weighted by molar-refractivity contribution is 5.80. The van der Waals surface area contributed by atoms with Gasteiger partial charge in [0.05, 0.1) is 5.69 Å². The van der Waals surface area contributed by atoms with E-state index in [4.69, 9.17) is 14.4 Å². The lowest BCUT2D eigenvalue weighted by atomic mass is 9.82. The van der Waals surface area contributed by atoms with Crippen molar-refractivity contribution in [3.05, 3.63) is 83.7 Å². The maximum atomic E-state index is 5.90. The Bertz CT molecular complexity index is 1450. The summed E-state index contributed by atoms with van der Waals surface area (Å²) in [6, 6.07) is 20.1. The van der Waals surface area contributed by atoms with E-state index in [1.165, 1.54) is 16.7 Å². The van der Waals surface area contributed by atoms with Crippen LogP contribution in [0.2, 0.25) is 0 Å². The molecule has 3 heterocycles. The van der Waals surface area contributed by atoms with Gasteiger partial charge in [-0.05, 0) is 36.8 Å². The first-order valence-electron chi connectivity index (χ1n) is 10.3. The number of nitrogens with zero attached hydrogens (tertiary/aromatic N) is 4. The van der Waals surface area contributed by atoms with E-state index in [1.54, 1.807) is 6.20 Å². The van der Waals surface area contributed by atoms with Crippen LogP contribution in [0.4, 0.5) is 0 Å². The molecule has 0 N–H and O–H groups in total. The summed E-state index contributed by atoms with van der Waals surface area (Å²) in [6.45, 7) is 6.55. The summed E-state index contributed by atoms with van der Waals surface area (Å²) < 4.78 is 5.90. The number of para-hydroxylation sites is 2. The highest BCUT2D eigenvalue weighted by atomic mass is 16.3. The smallest absolute Gasteiger partial charge is 0.246 e. The SMILES string of the molecule is Cc1nc(-c2ccnc(-c3nc4ccccc4o3)c2)nc2c1C(C)(C)c1ccccc1-2. The Hall–Kier alpha value is -3.86. The van der Waals surface area contributed by atoms with E-state index in [2.05, 4.69) is 55.0 Å². The van der Waals surface area contributed by atoms with Gasteiger partial charge in [-0.25, -0.2) is 15.0 Å². The predicted octanol–water partition coefficient (Wildman–Crippen LogP) is 5.96. The van der Waals surface area contributed by atoms with Crippen molar-refractivity contribution in [3.63, 3.8) is 0 Å². The van der Waals surface area contributed by atoms with Crippen molar-refractivity contribution in [2.75, 3.05) is 0 Å². The lowest BCUT2D eigenvalue weighted by Gasteiger charge is -2.22. The van der Waals surface area contributed by atoms with Crippen LogP contribution in [-0.4, -0.2) is 19.9 Å². The van der Waals surface area contributed by atoms with Crippen molar-refractivity contribution in [2.24, 2.45) is 0 Å². The summed E-state index contributed by atoms with van der Waals surface area (Å²) in [7, 11) is 0. The van der Waals surface area contributed by atoms with Crippen LogP contribution < -0.4 is 0 Å². The fourth-order valence-electron chi connectivity index (χ4n) is 4.68.